The lowest BCUT2D eigenvalue weighted by atomic mass is 9.95. The zero-order valence-electron chi connectivity index (χ0n) is 12.6. The summed E-state index contributed by atoms with van der Waals surface area (Å²) in [4.78, 5) is 25.3. The van der Waals surface area contributed by atoms with Crippen LogP contribution in [0.15, 0.2) is 12.3 Å². The minimum absolute atomic E-state index is 0.0212. The van der Waals surface area contributed by atoms with Gasteiger partial charge in [-0.15, -0.1) is 0 Å². The molecule has 0 spiro atoms. The van der Waals surface area contributed by atoms with Crippen molar-refractivity contribution in [1.82, 2.24) is 14.7 Å². The Kier molecular flexibility index (Phi) is 4.95. The SMILES string of the molecule is CN(C)C(=O)Cn1ccc(NC(=O)[C@@H]2CCC[C@@H]2CN)n1. The quantitative estimate of drug-likeness (QED) is 0.815. The molecule has 0 unspecified atom stereocenters. The number of hydrogen-bond donors (Lipinski definition) is 2. The van der Waals surface area contributed by atoms with Crippen LogP contribution in [0.3, 0.4) is 0 Å². The topological polar surface area (TPSA) is 93.2 Å². The van der Waals surface area contributed by atoms with Gasteiger partial charge in [0.2, 0.25) is 11.8 Å². The smallest absolute Gasteiger partial charge is 0.243 e. The fraction of sp³-hybridized carbons (Fsp3) is 0.643. The Bertz CT molecular complexity index is 511. The molecule has 1 aliphatic carbocycles. The van der Waals surface area contributed by atoms with Crippen molar-refractivity contribution in [2.75, 3.05) is 26.0 Å². The minimum atomic E-state index is -0.0463. The first-order valence-electron chi connectivity index (χ1n) is 7.25. The van der Waals surface area contributed by atoms with Crippen molar-refractivity contribution < 1.29 is 9.59 Å². The molecule has 1 saturated carbocycles. The summed E-state index contributed by atoms with van der Waals surface area (Å²) in [7, 11) is 3.39. The van der Waals surface area contributed by atoms with Crippen molar-refractivity contribution >= 4 is 17.6 Å². The molecule has 1 aromatic rings. The highest BCUT2D eigenvalue weighted by atomic mass is 16.2. The first-order chi connectivity index (χ1) is 10.0. The molecule has 1 aromatic heterocycles. The van der Waals surface area contributed by atoms with E-state index in [9.17, 15) is 9.59 Å². The third-order valence-corrected chi connectivity index (χ3v) is 3.99. The summed E-state index contributed by atoms with van der Waals surface area (Å²) in [6, 6.07) is 1.70. The summed E-state index contributed by atoms with van der Waals surface area (Å²) in [5, 5.41) is 7.02. The molecule has 7 heteroatoms. The minimum Gasteiger partial charge on any atom is -0.347 e. The largest absolute Gasteiger partial charge is 0.347 e. The maximum absolute atomic E-state index is 12.2. The van der Waals surface area contributed by atoms with Gasteiger partial charge >= 0.3 is 0 Å². The lowest BCUT2D eigenvalue weighted by Crippen LogP contribution is -2.30. The number of amides is 2. The third kappa shape index (κ3) is 3.81. The summed E-state index contributed by atoms with van der Waals surface area (Å²) in [5.74, 6) is 0.655. The molecule has 1 aliphatic rings. The van der Waals surface area contributed by atoms with E-state index >= 15 is 0 Å². The summed E-state index contributed by atoms with van der Waals surface area (Å²) in [6.07, 6.45) is 4.63. The van der Waals surface area contributed by atoms with Gasteiger partial charge in [-0.25, -0.2) is 0 Å². The first kappa shape index (κ1) is 15.5. The van der Waals surface area contributed by atoms with Gasteiger partial charge in [0.1, 0.15) is 6.54 Å². The zero-order chi connectivity index (χ0) is 15.4. The third-order valence-electron chi connectivity index (χ3n) is 3.99. The number of nitrogens with zero attached hydrogens (tertiary/aromatic N) is 3. The van der Waals surface area contributed by atoms with Gasteiger partial charge in [0, 0.05) is 32.3 Å². The van der Waals surface area contributed by atoms with Crippen LogP contribution in [0.5, 0.6) is 0 Å². The standard InChI is InChI=1S/C14H23N5O2/c1-18(2)13(20)9-19-7-6-12(17-19)16-14(21)11-5-3-4-10(11)8-15/h6-7,10-11H,3-5,8-9,15H2,1-2H3,(H,16,17,21)/t10-,11-/m1/s1. The first-order valence-corrected chi connectivity index (χ1v) is 7.25. The van der Waals surface area contributed by atoms with Gasteiger partial charge in [-0.05, 0) is 25.3 Å². The molecule has 2 atom stereocenters. The lowest BCUT2D eigenvalue weighted by molar-refractivity contribution is -0.129. The van der Waals surface area contributed by atoms with Crippen molar-refractivity contribution in [2.45, 2.75) is 25.8 Å². The van der Waals surface area contributed by atoms with Gasteiger partial charge < -0.3 is 16.0 Å². The normalized spacial score (nSPS) is 21.3. The zero-order valence-corrected chi connectivity index (χ0v) is 12.6. The van der Waals surface area contributed by atoms with Crippen LogP contribution in [0.4, 0.5) is 5.82 Å². The molecular weight excluding hydrogens is 270 g/mol. The molecule has 7 nitrogen and oxygen atoms in total. The Balaban J connectivity index is 1.93. The van der Waals surface area contributed by atoms with Gasteiger partial charge in [0.15, 0.2) is 5.82 Å². The Morgan fingerprint density at radius 3 is 2.90 bits per heavy atom. The second-order valence-electron chi connectivity index (χ2n) is 5.71. The van der Waals surface area contributed by atoms with E-state index in [1.807, 2.05) is 0 Å². The van der Waals surface area contributed by atoms with E-state index in [0.29, 0.717) is 12.4 Å². The van der Waals surface area contributed by atoms with E-state index in [-0.39, 0.29) is 30.2 Å². The molecule has 1 heterocycles. The monoisotopic (exact) mass is 293 g/mol. The second kappa shape index (κ2) is 6.71. The molecule has 0 saturated heterocycles. The summed E-state index contributed by atoms with van der Waals surface area (Å²) in [5.41, 5.74) is 5.70. The van der Waals surface area contributed by atoms with Crippen molar-refractivity contribution in [3.05, 3.63) is 12.3 Å². The Morgan fingerprint density at radius 1 is 1.48 bits per heavy atom. The van der Waals surface area contributed by atoms with E-state index < -0.39 is 0 Å². The Morgan fingerprint density at radius 2 is 2.24 bits per heavy atom. The van der Waals surface area contributed by atoms with Gasteiger partial charge in [-0.1, -0.05) is 6.42 Å². The van der Waals surface area contributed by atoms with Crippen LogP contribution in [-0.2, 0) is 16.1 Å². The number of rotatable bonds is 5. The number of anilines is 1. The van der Waals surface area contributed by atoms with Crippen LogP contribution in [0.25, 0.3) is 0 Å². The second-order valence-corrected chi connectivity index (χ2v) is 5.71. The van der Waals surface area contributed by atoms with Crippen molar-refractivity contribution in [2.24, 2.45) is 17.6 Å². The van der Waals surface area contributed by atoms with Gasteiger partial charge in [0.25, 0.3) is 0 Å². The van der Waals surface area contributed by atoms with E-state index in [1.165, 1.54) is 9.58 Å². The van der Waals surface area contributed by atoms with Gasteiger partial charge in [0.05, 0.1) is 0 Å². The van der Waals surface area contributed by atoms with E-state index in [2.05, 4.69) is 10.4 Å². The van der Waals surface area contributed by atoms with Crippen molar-refractivity contribution in [1.29, 1.82) is 0 Å². The van der Waals surface area contributed by atoms with Crippen LogP contribution in [0, 0.1) is 11.8 Å². The molecule has 21 heavy (non-hydrogen) atoms. The number of carbonyl (C=O) groups is 2. The highest BCUT2D eigenvalue weighted by Crippen LogP contribution is 2.31. The summed E-state index contributed by atoms with van der Waals surface area (Å²) < 4.78 is 1.52. The number of likely N-dealkylation sites (N-methyl/N-ethyl adjacent to an activating group) is 1. The summed E-state index contributed by atoms with van der Waals surface area (Å²) >= 11 is 0. The Labute approximate surface area is 124 Å². The molecule has 0 aliphatic heterocycles. The maximum Gasteiger partial charge on any atom is 0.243 e. The lowest BCUT2D eigenvalue weighted by Gasteiger charge is -2.16. The number of hydrogen-bond acceptors (Lipinski definition) is 4. The average molecular weight is 293 g/mol. The van der Waals surface area contributed by atoms with Crippen LogP contribution in [-0.4, -0.2) is 47.1 Å². The van der Waals surface area contributed by atoms with E-state index in [4.69, 9.17) is 5.73 Å². The number of carbonyl (C=O) groups excluding carboxylic acids is 2. The highest BCUT2D eigenvalue weighted by Gasteiger charge is 2.32. The fourth-order valence-electron chi connectivity index (χ4n) is 2.68. The molecule has 2 amide bonds. The number of nitrogens with one attached hydrogen (secondary N) is 1. The number of nitrogens with two attached hydrogens (primary N) is 1. The van der Waals surface area contributed by atoms with Crippen LogP contribution in [0.1, 0.15) is 19.3 Å². The predicted octanol–water partition coefficient (Wildman–Crippen LogP) is 0.285. The summed E-state index contributed by atoms with van der Waals surface area (Å²) in [6.45, 7) is 0.710. The van der Waals surface area contributed by atoms with E-state index in [1.54, 1.807) is 26.4 Å². The predicted molar refractivity (Wildman–Crippen MR) is 79.4 cm³/mol. The van der Waals surface area contributed by atoms with E-state index in [0.717, 1.165) is 19.3 Å². The molecule has 0 radical (unpaired) electrons. The Hall–Kier alpha value is -1.89. The van der Waals surface area contributed by atoms with Crippen molar-refractivity contribution in [3.63, 3.8) is 0 Å². The van der Waals surface area contributed by atoms with Gasteiger partial charge in [-0.3, -0.25) is 14.3 Å². The van der Waals surface area contributed by atoms with Crippen LogP contribution >= 0.6 is 0 Å². The molecular formula is C14H23N5O2. The van der Waals surface area contributed by atoms with Crippen LogP contribution in [0.2, 0.25) is 0 Å². The molecule has 0 aromatic carbocycles. The maximum atomic E-state index is 12.2. The molecule has 0 bridgehead atoms. The molecule has 116 valence electrons. The van der Waals surface area contributed by atoms with Crippen LogP contribution < -0.4 is 11.1 Å². The van der Waals surface area contributed by atoms with Gasteiger partial charge in [-0.2, -0.15) is 5.10 Å². The molecule has 3 N–H and O–H groups in total. The average Bonchev–Trinajstić information content (AvgIpc) is 3.07. The number of aromatic nitrogens is 2. The van der Waals surface area contributed by atoms with Crippen molar-refractivity contribution in [3.8, 4) is 0 Å². The fourth-order valence-corrected chi connectivity index (χ4v) is 2.68. The highest BCUT2D eigenvalue weighted by molar-refractivity contribution is 5.92. The molecule has 1 fully saturated rings. The molecule has 2 rings (SSSR count).